The monoisotopic (exact) mass is 470 g/mol. The van der Waals surface area contributed by atoms with Gasteiger partial charge in [0.2, 0.25) is 5.89 Å². The number of ether oxygens (including phenoxy) is 2. The predicted octanol–water partition coefficient (Wildman–Crippen LogP) is 2.38. The van der Waals surface area contributed by atoms with Crippen molar-refractivity contribution in [3.63, 3.8) is 0 Å². The van der Waals surface area contributed by atoms with Crippen molar-refractivity contribution < 1.29 is 33.6 Å². The summed E-state index contributed by atoms with van der Waals surface area (Å²) >= 11 is 0. The Morgan fingerprint density at radius 3 is 2.71 bits per heavy atom. The van der Waals surface area contributed by atoms with Crippen LogP contribution in [0.2, 0.25) is 0 Å². The summed E-state index contributed by atoms with van der Waals surface area (Å²) in [6.45, 7) is 5.46. The van der Waals surface area contributed by atoms with E-state index in [0.717, 1.165) is 0 Å². The van der Waals surface area contributed by atoms with Crippen LogP contribution in [-0.2, 0) is 14.3 Å². The number of aromatic nitrogens is 3. The van der Waals surface area contributed by atoms with Crippen LogP contribution in [0.1, 0.15) is 19.7 Å². The topological polar surface area (TPSA) is 135 Å². The maximum absolute atomic E-state index is 14.9. The van der Waals surface area contributed by atoms with Gasteiger partial charge in [-0.2, -0.15) is 0 Å². The number of rotatable bonds is 7. The third-order valence-electron chi connectivity index (χ3n) is 5.48. The number of nitrogens with zero attached hydrogens (tertiary/aromatic N) is 4. The van der Waals surface area contributed by atoms with Crippen molar-refractivity contribution in [3.05, 3.63) is 48.2 Å². The van der Waals surface area contributed by atoms with Crippen LogP contribution in [0.3, 0.4) is 0 Å². The van der Waals surface area contributed by atoms with Crippen LogP contribution >= 0.6 is 0 Å². The average molecular weight is 470 g/mol. The zero-order valence-electron chi connectivity index (χ0n) is 19.0. The lowest BCUT2D eigenvalue weighted by atomic mass is 10.1. The van der Waals surface area contributed by atoms with Gasteiger partial charge in [0, 0.05) is 30.2 Å². The Morgan fingerprint density at radius 2 is 2.09 bits per heavy atom. The Kier molecular flexibility index (Phi) is 6.55. The van der Waals surface area contributed by atoms with Crippen molar-refractivity contribution in [2.75, 3.05) is 18.1 Å². The molecule has 0 saturated carbocycles. The van der Waals surface area contributed by atoms with Crippen LogP contribution in [0.15, 0.2) is 40.9 Å². The number of carbonyl (C=O) groups is 2. The quantitative estimate of drug-likeness (QED) is 0.520. The Balaban J connectivity index is 1.43. The fraction of sp³-hybridized carbons (Fsp3) is 0.348. The van der Waals surface area contributed by atoms with Gasteiger partial charge in [-0.15, -0.1) is 10.2 Å². The SMILES string of the molecule is Cc1nnc(-c2ccc(-c3ccc(N4CC(COC(=O)C([NH3+])C(C)C)OC4=O)cc3F)cn2)o1. The number of pyridine rings is 1. The van der Waals surface area contributed by atoms with Crippen molar-refractivity contribution in [2.24, 2.45) is 5.92 Å². The molecular formula is C23H25FN5O5+. The highest BCUT2D eigenvalue weighted by Gasteiger charge is 2.34. The number of quaternary nitrogens is 1. The predicted molar refractivity (Wildman–Crippen MR) is 118 cm³/mol. The van der Waals surface area contributed by atoms with E-state index >= 15 is 0 Å². The number of carbonyl (C=O) groups excluding carboxylic acids is 2. The summed E-state index contributed by atoms with van der Waals surface area (Å²) in [5.74, 6) is -0.243. The molecule has 11 heteroatoms. The second-order valence-corrected chi connectivity index (χ2v) is 8.32. The fourth-order valence-electron chi connectivity index (χ4n) is 3.36. The fourth-order valence-corrected chi connectivity index (χ4v) is 3.36. The van der Waals surface area contributed by atoms with E-state index in [0.29, 0.717) is 28.4 Å². The molecule has 34 heavy (non-hydrogen) atoms. The van der Waals surface area contributed by atoms with Gasteiger partial charge in [0.25, 0.3) is 5.89 Å². The van der Waals surface area contributed by atoms with Gasteiger partial charge in [0.15, 0.2) is 12.1 Å². The molecule has 10 nitrogen and oxygen atoms in total. The van der Waals surface area contributed by atoms with Crippen molar-refractivity contribution in [3.8, 4) is 22.7 Å². The molecule has 2 atom stereocenters. The number of anilines is 1. The minimum atomic E-state index is -0.649. The van der Waals surface area contributed by atoms with E-state index in [1.165, 1.54) is 17.2 Å². The van der Waals surface area contributed by atoms with E-state index in [1.54, 1.807) is 31.2 Å². The zero-order valence-corrected chi connectivity index (χ0v) is 19.0. The molecule has 1 aromatic carbocycles. The molecular weight excluding hydrogens is 445 g/mol. The molecule has 2 aromatic heterocycles. The van der Waals surface area contributed by atoms with Gasteiger partial charge in [-0.05, 0) is 24.3 Å². The number of amides is 1. The molecule has 178 valence electrons. The largest absolute Gasteiger partial charge is 0.457 e. The van der Waals surface area contributed by atoms with Crippen LogP contribution in [-0.4, -0.2) is 52.5 Å². The number of cyclic esters (lactones) is 1. The van der Waals surface area contributed by atoms with Gasteiger partial charge in [-0.1, -0.05) is 19.9 Å². The number of esters is 1. The van der Waals surface area contributed by atoms with E-state index < -0.39 is 30.0 Å². The summed E-state index contributed by atoms with van der Waals surface area (Å²) < 4.78 is 30.8. The van der Waals surface area contributed by atoms with Gasteiger partial charge in [0.05, 0.1) is 12.2 Å². The lowest BCUT2D eigenvalue weighted by Crippen LogP contribution is -2.67. The molecule has 3 N–H and O–H groups in total. The first-order chi connectivity index (χ1) is 16.2. The normalized spacial score (nSPS) is 16.6. The Morgan fingerprint density at radius 1 is 1.29 bits per heavy atom. The van der Waals surface area contributed by atoms with E-state index in [-0.39, 0.29) is 25.0 Å². The van der Waals surface area contributed by atoms with Crippen LogP contribution < -0.4 is 10.6 Å². The molecule has 1 fully saturated rings. The van der Waals surface area contributed by atoms with Gasteiger partial charge in [-0.25, -0.2) is 14.0 Å². The molecule has 1 aliphatic heterocycles. The van der Waals surface area contributed by atoms with E-state index in [2.05, 4.69) is 20.9 Å². The Bertz CT molecular complexity index is 1200. The van der Waals surface area contributed by atoms with Crippen molar-refractivity contribution >= 4 is 17.7 Å². The first kappa shape index (κ1) is 23.3. The van der Waals surface area contributed by atoms with Crippen LogP contribution in [0.4, 0.5) is 14.9 Å². The molecule has 3 aromatic rings. The second kappa shape index (κ2) is 9.56. The lowest BCUT2D eigenvalue weighted by molar-refractivity contribution is -0.418. The standard InChI is InChI=1S/C23H24FN5O5/c1-12(2)20(25)22(30)32-11-16-10-29(23(31)34-16)15-5-6-17(18(24)8-15)14-4-7-19(26-9-14)21-28-27-13(3)33-21/h4-9,12,16,20H,10-11,25H2,1-3H3/p+1. The van der Waals surface area contributed by atoms with Crippen molar-refractivity contribution in [2.45, 2.75) is 32.9 Å². The molecule has 2 unspecified atom stereocenters. The number of halogens is 1. The minimum absolute atomic E-state index is 0.0334. The van der Waals surface area contributed by atoms with E-state index in [1.807, 2.05) is 13.8 Å². The van der Waals surface area contributed by atoms with Gasteiger partial charge >= 0.3 is 12.1 Å². The highest BCUT2D eigenvalue weighted by atomic mass is 19.1. The summed E-state index contributed by atoms with van der Waals surface area (Å²) in [7, 11) is 0. The highest BCUT2D eigenvalue weighted by molar-refractivity contribution is 5.90. The lowest BCUT2D eigenvalue weighted by Gasteiger charge is -2.15. The van der Waals surface area contributed by atoms with Gasteiger partial charge in [0.1, 0.15) is 18.1 Å². The second-order valence-electron chi connectivity index (χ2n) is 8.32. The first-order valence-corrected chi connectivity index (χ1v) is 10.8. The number of hydrogen-bond acceptors (Lipinski definition) is 8. The van der Waals surface area contributed by atoms with Crippen molar-refractivity contribution in [1.29, 1.82) is 0 Å². The molecule has 4 rings (SSSR count). The summed E-state index contributed by atoms with van der Waals surface area (Å²) in [4.78, 5) is 29.9. The van der Waals surface area contributed by atoms with Crippen LogP contribution in [0.5, 0.6) is 0 Å². The smallest absolute Gasteiger partial charge is 0.414 e. The van der Waals surface area contributed by atoms with Gasteiger partial charge < -0.3 is 19.6 Å². The summed E-state index contributed by atoms with van der Waals surface area (Å²) in [6, 6.07) is 7.29. The summed E-state index contributed by atoms with van der Waals surface area (Å²) in [5.41, 5.74) is 5.45. The molecule has 0 bridgehead atoms. The maximum Gasteiger partial charge on any atom is 0.414 e. The highest BCUT2D eigenvalue weighted by Crippen LogP contribution is 2.29. The van der Waals surface area contributed by atoms with Crippen LogP contribution in [0, 0.1) is 18.7 Å². The van der Waals surface area contributed by atoms with Crippen molar-refractivity contribution in [1.82, 2.24) is 15.2 Å². The minimum Gasteiger partial charge on any atom is -0.457 e. The summed E-state index contributed by atoms with van der Waals surface area (Å²) in [5, 5.41) is 7.68. The molecule has 0 radical (unpaired) electrons. The zero-order chi connectivity index (χ0) is 24.4. The molecule has 0 aliphatic carbocycles. The summed E-state index contributed by atoms with van der Waals surface area (Å²) in [6.07, 6.45) is 0.224. The first-order valence-electron chi connectivity index (χ1n) is 10.8. The molecule has 3 heterocycles. The number of aryl methyl sites for hydroxylation is 1. The molecule has 1 amide bonds. The third-order valence-corrected chi connectivity index (χ3v) is 5.48. The maximum atomic E-state index is 14.9. The van der Waals surface area contributed by atoms with E-state index in [4.69, 9.17) is 13.9 Å². The Hall–Kier alpha value is -3.86. The molecule has 1 aliphatic rings. The third kappa shape index (κ3) is 4.88. The number of hydrogen-bond donors (Lipinski definition) is 1. The number of benzene rings is 1. The van der Waals surface area contributed by atoms with E-state index in [9.17, 15) is 14.0 Å². The van der Waals surface area contributed by atoms with Gasteiger partial charge in [-0.3, -0.25) is 9.88 Å². The molecule has 0 spiro atoms. The molecule has 1 saturated heterocycles. The average Bonchev–Trinajstić information content (AvgIpc) is 3.42. The Labute approximate surface area is 194 Å². The van der Waals surface area contributed by atoms with Crippen LogP contribution in [0.25, 0.3) is 22.7 Å².